The van der Waals surface area contributed by atoms with Crippen LogP contribution >= 0.6 is 0 Å². The molecular formula is C10H8FNO4. The summed E-state index contributed by atoms with van der Waals surface area (Å²) in [4.78, 5) is 22.2. The Morgan fingerprint density at radius 2 is 2.19 bits per heavy atom. The molecule has 2 rings (SSSR count). The van der Waals surface area contributed by atoms with Crippen molar-refractivity contribution in [2.45, 2.75) is 6.10 Å². The number of carbonyl (C=O) groups is 2. The molecule has 1 aromatic rings. The first-order chi connectivity index (χ1) is 7.63. The number of methoxy groups -OCH3 is 1. The second-order valence-electron chi connectivity index (χ2n) is 3.13. The molecule has 0 radical (unpaired) electrons. The van der Waals surface area contributed by atoms with Gasteiger partial charge >= 0.3 is 6.09 Å². The Labute approximate surface area is 90.2 Å². The third kappa shape index (κ3) is 1.58. The van der Waals surface area contributed by atoms with E-state index < -0.39 is 23.9 Å². The van der Waals surface area contributed by atoms with E-state index in [0.717, 1.165) is 6.07 Å². The molecule has 1 aliphatic heterocycles. The molecule has 0 aliphatic carbocycles. The van der Waals surface area contributed by atoms with Crippen LogP contribution in [0, 0.1) is 5.82 Å². The van der Waals surface area contributed by atoms with Crippen molar-refractivity contribution in [1.29, 1.82) is 0 Å². The van der Waals surface area contributed by atoms with Gasteiger partial charge in [0.1, 0.15) is 11.6 Å². The number of benzene rings is 1. The highest BCUT2D eigenvalue weighted by Gasteiger charge is 2.37. The molecule has 0 bridgehead atoms. The number of imide groups is 1. The molecule has 1 heterocycles. The summed E-state index contributed by atoms with van der Waals surface area (Å²) in [7, 11) is 1.34. The van der Waals surface area contributed by atoms with Gasteiger partial charge in [-0.1, -0.05) is 6.07 Å². The van der Waals surface area contributed by atoms with Crippen LogP contribution in [0.4, 0.5) is 9.18 Å². The lowest BCUT2D eigenvalue weighted by molar-refractivity contribution is -0.123. The molecule has 0 saturated carbocycles. The van der Waals surface area contributed by atoms with E-state index in [-0.39, 0.29) is 11.3 Å². The average Bonchev–Trinajstić information content (AvgIpc) is 2.57. The fourth-order valence-electron chi connectivity index (χ4n) is 1.50. The fraction of sp³-hybridized carbons (Fsp3) is 0.200. The Balaban J connectivity index is 2.47. The highest BCUT2D eigenvalue weighted by atomic mass is 19.1. The quantitative estimate of drug-likeness (QED) is 0.819. The van der Waals surface area contributed by atoms with E-state index in [4.69, 9.17) is 4.74 Å². The predicted molar refractivity (Wildman–Crippen MR) is 50.3 cm³/mol. The Kier molecular flexibility index (Phi) is 2.47. The third-order valence-corrected chi connectivity index (χ3v) is 2.18. The lowest BCUT2D eigenvalue weighted by atomic mass is 10.1. The van der Waals surface area contributed by atoms with Crippen molar-refractivity contribution in [1.82, 2.24) is 5.32 Å². The van der Waals surface area contributed by atoms with Crippen molar-refractivity contribution in [2.75, 3.05) is 7.11 Å². The SMILES string of the molecule is COc1cccc(F)c1[C@@H]1OC(=O)NC1=O. The van der Waals surface area contributed by atoms with Crippen LogP contribution in [0.3, 0.4) is 0 Å². The standard InChI is InChI=1S/C10H8FNO4/c1-15-6-4-2-3-5(11)7(6)8-9(13)12-10(14)16-8/h2-4,8H,1H3,(H,12,13,14)/t8-/m0/s1. The normalized spacial score (nSPS) is 19.2. The van der Waals surface area contributed by atoms with Crippen molar-refractivity contribution >= 4 is 12.0 Å². The minimum Gasteiger partial charge on any atom is -0.496 e. The van der Waals surface area contributed by atoms with Gasteiger partial charge in [0.05, 0.1) is 12.7 Å². The molecule has 5 nitrogen and oxygen atoms in total. The molecular weight excluding hydrogens is 217 g/mol. The van der Waals surface area contributed by atoms with Crippen molar-refractivity contribution < 1.29 is 23.5 Å². The summed E-state index contributed by atoms with van der Waals surface area (Å²) in [6.45, 7) is 0. The molecule has 1 aromatic carbocycles. The van der Waals surface area contributed by atoms with E-state index in [1.165, 1.54) is 19.2 Å². The van der Waals surface area contributed by atoms with Gasteiger partial charge in [-0.05, 0) is 12.1 Å². The summed E-state index contributed by atoms with van der Waals surface area (Å²) < 4.78 is 23.1. The molecule has 16 heavy (non-hydrogen) atoms. The van der Waals surface area contributed by atoms with Crippen LogP contribution < -0.4 is 10.1 Å². The zero-order chi connectivity index (χ0) is 11.7. The Hall–Kier alpha value is -2.11. The van der Waals surface area contributed by atoms with Crippen molar-refractivity contribution in [3.8, 4) is 5.75 Å². The van der Waals surface area contributed by atoms with Gasteiger partial charge in [0.2, 0.25) is 6.10 Å². The number of hydrogen-bond acceptors (Lipinski definition) is 4. The van der Waals surface area contributed by atoms with Crippen molar-refractivity contribution in [3.05, 3.63) is 29.6 Å². The molecule has 1 aliphatic rings. The van der Waals surface area contributed by atoms with Crippen LogP contribution in [0.5, 0.6) is 5.75 Å². The summed E-state index contributed by atoms with van der Waals surface area (Å²) in [5.74, 6) is -1.20. The molecule has 0 spiro atoms. The lowest BCUT2D eigenvalue weighted by Gasteiger charge is -2.12. The summed E-state index contributed by atoms with van der Waals surface area (Å²) in [5.41, 5.74) is -0.0756. The minimum absolute atomic E-state index is 0.0756. The Morgan fingerprint density at radius 1 is 1.44 bits per heavy atom. The molecule has 1 atom stereocenters. The maximum atomic E-state index is 13.5. The van der Waals surface area contributed by atoms with Gasteiger partial charge in [-0.3, -0.25) is 10.1 Å². The maximum Gasteiger partial charge on any atom is 0.415 e. The number of nitrogens with one attached hydrogen (secondary N) is 1. The number of alkyl carbamates (subject to hydrolysis) is 1. The second kappa shape index (κ2) is 3.80. The molecule has 84 valence electrons. The summed E-state index contributed by atoms with van der Waals surface area (Å²) in [6, 6.07) is 4.08. The van der Waals surface area contributed by atoms with Crippen molar-refractivity contribution in [2.24, 2.45) is 0 Å². The second-order valence-corrected chi connectivity index (χ2v) is 3.13. The van der Waals surface area contributed by atoms with Gasteiger partial charge < -0.3 is 9.47 Å². The van der Waals surface area contributed by atoms with E-state index in [1.807, 2.05) is 5.32 Å². The van der Waals surface area contributed by atoms with E-state index in [1.54, 1.807) is 0 Å². The number of amides is 2. The van der Waals surface area contributed by atoms with Crippen molar-refractivity contribution in [3.63, 3.8) is 0 Å². The topological polar surface area (TPSA) is 64.6 Å². The molecule has 0 unspecified atom stereocenters. The maximum absolute atomic E-state index is 13.5. The molecule has 0 aromatic heterocycles. The molecule has 2 amide bonds. The monoisotopic (exact) mass is 225 g/mol. The first-order valence-corrected chi connectivity index (χ1v) is 4.47. The minimum atomic E-state index is -1.29. The smallest absolute Gasteiger partial charge is 0.415 e. The highest BCUT2D eigenvalue weighted by Crippen LogP contribution is 2.32. The zero-order valence-electron chi connectivity index (χ0n) is 8.32. The van der Waals surface area contributed by atoms with Crippen LogP contribution in [0.1, 0.15) is 11.7 Å². The van der Waals surface area contributed by atoms with E-state index in [2.05, 4.69) is 4.74 Å². The average molecular weight is 225 g/mol. The van der Waals surface area contributed by atoms with Gasteiger partial charge in [-0.2, -0.15) is 0 Å². The van der Waals surface area contributed by atoms with Crippen LogP contribution in [0.15, 0.2) is 18.2 Å². The van der Waals surface area contributed by atoms with Gasteiger partial charge in [0.25, 0.3) is 5.91 Å². The number of rotatable bonds is 2. The number of ether oxygens (including phenoxy) is 2. The number of cyclic esters (lactones) is 1. The van der Waals surface area contributed by atoms with E-state index >= 15 is 0 Å². The number of hydrogen-bond donors (Lipinski definition) is 1. The molecule has 6 heteroatoms. The van der Waals surface area contributed by atoms with Crippen LogP contribution in [-0.4, -0.2) is 19.1 Å². The zero-order valence-corrected chi connectivity index (χ0v) is 8.32. The highest BCUT2D eigenvalue weighted by molar-refractivity contribution is 6.00. The summed E-state index contributed by atoms with van der Waals surface area (Å²) >= 11 is 0. The Morgan fingerprint density at radius 3 is 2.75 bits per heavy atom. The van der Waals surface area contributed by atoms with Gasteiger partial charge in [-0.25, -0.2) is 9.18 Å². The molecule has 1 fully saturated rings. The number of halogens is 1. The molecule has 1 saturated heterocycles. The Bertz CT molecular complexity index is 460. The van der Waals surface area contributed by atoms with Gasteiger partial charge in [0.15, 0.2) is 0 Å². The molecule has 1 N–H and O–H groups in total. The first kappa shape index (κ1) is 10.4. The largest absolute Gasteiger partial charge is 0.496 e. The first-order valence-electron chi connectivity index (χ1n) is 4.47. The van der Waals surface area contributed by atoms with Gasteiger partial charge in [-0.15, -0.1) is 0 Å². The van der Waals surface area contributed by atoms with Gasteiger partial charge in [0, 0.05) is 0 Å². The third-order valence-electron chi connectivity index (χ3n) is 2.18. The predicted octanol–water partition coefficient (Wildman–Crippen LogP) is 1.14. The summed E-state index contributed by atoms with van der Waals surface area (Å²) in [6.07, 6.45) is -2.18. The lowest BCUT2D eigenvalue weighted by Crippen LogP contribution is -2.21. The van der Waals surface area contributed by atoms with Crippen LogP contribution in [0.2, 0.25) is 0 Å². The number of carbonyl (C=O) groups excluding carboxylic acids is 2. The van der Waals surface area contributed by atoms with E-state index in [9.17, 15) is 14.0 Å². The van der Waals surface area contributed by atoms with E-state index in [0.29, 0.717) is 0 Å². The fourth-order valence-corrected chi connectivity index (χ4v) is 1.50. The van der Waals surface area contributed by atoms with Crippen LogP contribution in [-0.2, 0) is 9.53 Å². The van der Waals surface area contributed by atoms with Crippen LogP contribution in [0.25, 0.3) is 0 Å². The summed E-state index contributed by atoms with van der Waals surface area (Å²) in [5, 5.41) is 1.92.